The predicted molar refractivity (Wildman–Crippen MR) is 66.6 cm³/mol. The average Bonchev–Trinajstić information content (AvgIpc) is 2.29. The van der Waals surface area contributed by atoms with Crippen LogP contribution in [0.5, 0.6) is 0 Å². The molecule has 1 aliphatic rings. The lowest BCUT2D eigenvalue weighted by molar-refractivity contribution is -0.152. The second-order valence-electron chi connectivity index (χ2n) is 5.33. The molecular formula is C13H25NO3. The zero-order valence-corrected chi connectivity index (χ0v) is 11.2. The Bertz CT molecular complexity index is 245. The maximum atomic E-state index is 11.6. The number of ether oxygens (including phenoxy) is 2. The van der Waals surface area contributed by atoms with Crippen molar-refractivity contribution >= 4 is 5.97 Å². The van der Waals surface area contributed by atoms with Gasteiger partial charge in [-0.05, 0) is 45.4 Å². The number of nitrogens with two attached hydrogens (primary N) is 1. The molecule has 0 heterocycles. The van der Waals surface area contributed by atoms with Gasteiger partial charge in [-0.3, -0.25) is 0 Å². The molecule has 0 aromatic heterocycles. The van der Waals surface area contributed by atoms with Crippen LogP contribution in [0.1, 0.15) is 46.5 Å². The summed E-state index contributed by atoms with van der Waals surface area (Å²) in [5.74, 6) is 0.411. The molecule has 0 spiro atoms. The van der Waals surface area contributed by atoms with E-state index in [1.54, 1.807) is 13.8 Å². The van der Waals surface area contributed by atoms with E-state index >= 15 is 0 Å². The number of hydrogen-bond donors (Lipinski definition) is 1. The molecule has 0 amide bonds. The Kier molecular flexibility index (Phi) is 5.40. The van der Waals surface area contributed by atoms with Crippen LogP contribution in [0.2, 0.25) is 0 Å². The van der Waals surface area contributed by atoms with E-state index in [0.29, 0.717) is 6.61 Å². The van der Waals surface area contributed by atoms with E-state index in [-0.39, 0.29) is 18.7 Å². The van der Waals surface area contributed by atoms with Crippen molar-refractivity contribution in [2.75, 3.05) is 13.2 Å². The van der Waals surface area contributed by atoms with Gasteiger partial charge in [0.15, 0.2) is 0 Å². The summed E-state index contributed by atoms with van der Waals surface area (Å²) in [5.41, 5.74) is 4.86. The van der Waals surface area contributed by atoms with Crippen LogP contribution in [-0.4, -0.2) is 30.8 Å². The van der Waals surface area contributed by atoms with Crippen LogP contribution in [0.3, 0.4) is 0 Å². The average molecular weight is 243 g/mol. The summed E-state index contributed by atoms with van der Waals surface area (Å²) in [6, 6.07) is 0. The van der Waals surface area contributed by atoms with E-state index in [1.165, 1.54) is 12.8 Å². The first-order chi connectivity index (χ1) is 7.95. The van der Waals surface area contributed by atoms with Crippen molar-refractivity contribution in [1.29, 1.82) is 0 Å². The van der Waals surface area contributed by atoms with Crippen LogP contribution in [0.25, 0.3) is 0 Å². The lowest BCUT2D eigenvalue weighted by atomic mass is 9.89. The molecule has 100 valence electrons. The SMILES string of the molecule is CCOC(=O)C(C)(N)COC1CCC(C)CC1. The summed E-state index contributed by atoms with van der Waals surface area (Å²) in [6.07, 6.45) is 4.79. The van der Waals surface area contributed by atoms with Gasteiger partial charge in [0.05, 0.1) is 19.3 Å². The summed E-state index contributed by atoms with van der Waals surface area (Å²) in [5, 5.41) is 0. The number of rotatable bonds is 5. The smallest absolute Gasteiger partial charge is 0.328 e. The standard InChI is InChI=1S/C13H25NO3/c1-4-16-12(15)13(3,14)9-17-11-7-5-10(2)6-8-11/h10-11H,4-9,14H2,1-3H3. The molecule has 0 aromatic rings. The van der Waals surface area contributed by atoms with Crippen molar-refractivity contribution in [3.63, 3.8) is 0 Å². The molecule has 2 N–H and O–H groups in total. The van der Waals surface area contributed by atoms with Gasteiger partial charge in [0, 0.05) is 0 Å². The van der Waals surface area contributed by atoms with Crippen molar-refractivity contribution in [2.45, 2.75) is 58.1 Å². The molecule has 0 saturated heterocycles. The van der Waals surface area contributed by atoms with Gasteiger partial charge in [-0.1, -0.05) is 6.92 Å². The van der Waals surface area contributed by atoms with E-state index in [9.17, 15) is 4.79 Å². The number of hydrogen-bond acceptors (Lipinski definition) is 4. The van der Waals surface area contributed by atoms with Gasteiger partial charge in [-0.25, -0.2) is 4.79 Å². The number of carbonyl (C=O) groups is 1. The Hall–Kier alpha value is -0.610. The lowest BCUT2D eigenvalue weighted by Crippen LogP contribution is -2.51. The van der Waals surface area contributed by atoms with Crippen LogP contribution in [0.15, 0.2) is 0 Å². The zero-order valence-electron chi connectivity index (χ0n) is 11.2. The molecule has 0 aliphatic heterocycles. The van der Waals surface area contributed by atoms with Gasteiger partial charge >= 0.3 is 5.97 Å². The molecule has 17 heavy (non-hydrogen) atoms. The highest BCUT2D eigenvalue weighted by Crippen LogP contribution is 2.26. The van der Waals surface area contributed by atoms with E-state index in [1.807, 2.05) is 0 Å². The Morgan fingerprint density at radius 2 is 1.94 bits per heavy atom. The first-order valence-corrected chi connectivity index (χ1v) is 6.53. The highest BCUT2D eigenvalue weighted by Gasteiger charge is 2.32. The van der Waals surface area contributed by atoms with Crippen LogP contribution >= 0.6 is 0 Å². The summed E-state index contributed by atoms with van der Waals surface area (Å²) < 4.78 is 10.7. The molecule has 4 heteroatoms. The largest absolute Gasteiger partial charge is 0.465 e. The van der Waals surface area contributed by atoms with Gasteiger partial charge in [0.25, 0.3) is 0 Å². The normalized spacial score (nSPS) is 28.5. The third kappa shape index (κ3) is 4.64. The summed E-state index contributed by atoms with van der Waals surface area (Å²) >= 11 is 0. The fourth-order valence-electron chi connectivity index (χ4n) is 2.04. The molecule has 4 nitrogen and oxygen atoms in total. The van der Waals surface area contributed by atoms with E-state index in [0.717, 1.165) is 18.8 Å². The van der Waals surface area contributed by atoms with Gasteiger partial charge in [-0.2, -0.15) is 0 Å². The van der Waals surface area contributed by atoms with Crippen LogP contribution < -0.4 is 5.73 Å². The van der Waals surface area contributed by atoms with E-state index in [4.69, 9.17) is 15.2 Å². The third-order valence-corrected chi connectivity index (χ3v) is 3.32. The van der Waals surface area contributed by atoms with E-state index < -0.39 is 5.54 Å². The molecule has 1 atom stereocenters. The first-order valence-electron chi connectivity index (χ1n) is 6.53. The summed E-state index contributed by atoms with van der Waals surface area (Å²) in [4.78, 5) is 11.6. The van der Waals surface area contributed by atoms with Crippen LogP contribution in [0, 0.1) is 5.92 Å². The maximum Gasteiger partial charge on any atom is 0.328 e. The zero-order chi connectivity index (χ0) is 12.9. The van der Waals surface area contributed by atoms with Crippen molar-refractivity contribution in [1.82, 2.24) is 0 Å². The fraction of sp³-hybridized carbons (Fsp3) is 0.923. The highest BCUT2D eigenvalue weighted by molar-refractivity contribution is 5.80. The van der Waals surface area contributed by atoms with Gasteiger partial charge < -0.3 is 15.2 Å². The minimum absolute atomic E-state index is 0.241. The van der Waals surface area contributed by atoms with Gasteiger partial charge in [-0.15, -0.1) is 0 Å². The monoisotopic (exact) mass is 243 g/mol. The van der Waals surface area contributed by atoms with Crippen molar-refractivity contribution in [3.05, 3.63) is 0 Å². The minimum Gasteiger partial charge on any atom is -0.465 e. The Labute approximate surface area is 104 Å². The Morgan fingerprint density at radius 1 is 1.35 bits per heavy atom. The molecule has 1 aliphatic carbocycles. The maximum absolute atomic E-state index is 11.6. The summed E-state index contributed by atoms with van der Waals surface area (Å²) in [6.45, 7) is 6.30. The predicted octanol–water partition coefficient (Wildman–Crippen LogP) is 1.86. The molecule has 1 fully saturated rings. The van der Waals surface area contributed by atoms with Crippen molar-refractivity contribution in [3.8, 4) is 0 Å². The second-order valence-corrected chi connectivity index (χ2v) is 5.33. The lowest BCUT2D eigenvalue weighted by Gasteiger charge is -2.29. The molecular weight excluding hydrogens is 218 g/mol. The quantitative estimate of drug-likeness (QED) is 0.749. The van der Waals surface area contributed by atoms with Crippen LogP contribution in [0.4, 0.5) is 0 Å². The number of esters is 1. The molecule has 0 radical (unpaired) electrons. The molecule has 1 saturated carbocycles. The summed E-state index contributed by atoms with van der Waals surface area (Å²) in [7, 11) is 0. The molecule has 1 unspecified atom stereocenters. The minimum atomic E-state index is -1.03. The first kappa shape index (κ1) is 14.5. The van der Waals surface area contributed by atoms with Crippen molar-refractivity contribution < 1.29 is 14.3 Å². The van der Waals surface area contributed by atoms with E-state index in [2.05, 4.69) is 6.92 Å². The Morgan fingerprint density at radius 3 is 2.47 bits per heavy atom. The fourth-order valence-corrected chi connectivity index (χ4v) is 2.04. The molecule has 0 aromatic carbocycles. The number of carbonyl (C=O) groups excluding carboxylic acids is 1. The molecule has 1 rings (SSSR count). The third-order valence-electron chi connectivity index (χ3n) is 3.32. The topological polar surface area (TPSA) is 61.5 Å². The van der Waals surface area contributed by atoms with Gasteiger partial charge in [0.2, 0.25) is 0 Å². The van der Waals surface area contributed by atoms with Gasteiger partial charge in [0.1, 0.15) is 5.54 Å². The molecule has 0 bridgehead atoms. The second kappa shape index (κ2) is 6.36. The van der Waals surface area contributed by atoms with Crippen LogP contribution in [-0.2, 0) is 14.3 Å². The highest BCUT2D eigenvalue weighted by atomic mass is 16.5. The Balaban J connectivity index is 2.31. The van der Waals surface area contributed by atoms with Crippen molar-refractivity contribution in [2.24, 2.45) is 11.7 Å².